The number of allylic oxidation sites excluding steroid dienone is 2. The van der Waals surface area contributed by atoms with Crippen LogP contribution >= 0.6 is 0 Å². The van der Waals surface area contributed by atoms with Crippen molar-refractivity contribution in [2.45, 2.75) is 26.2 Å². The van der Waals surface area contributed by atoms with Crippen molar-refractivity contribution in [3.05, 3.63) is 35.7 Å². The van der Waals surface area contributed by atoms with Crippen LogP contribution in [-0.4, -0.2) is 11.5 Å². The Labute approximate surface area is 97.0 Å². The fourth-order valence-corrected chi connectivity index (χ4v) is 2.10. The van der Waals surface area contributed by atoms with E-state index in [1.54, 1.807) is 0 Å². The largest absolute Gasteiger partial charge is 0.329 e. The number of rotatable bonds is 1. The van der Waals surface area contributed by atoms with E-state index in [1.165, 1.54) is 24.1 Å². The van der Waals surface area contributed by atoms with E-state index in [0.29, 0.717) is 0 Å². The number of hydrogen-bond donors (Lipinski definition) is 0. The average Bonchev–Trinajstić information content (AvgIpc) is 2.31. The first-order chi connectivity index (χ1) is 7.83. The highest BCUT2D eigenvalue weighted by Gasteiger charge is 2.18. The maximum absolute atomic E-state index is 5.36. The summed E-state index contributed by atoms with van der Waals surface area (Å²) in [5, 5.41) is 0. The lowest BCUT2D eigenvalue weighted by Gasteiger charge is -2.31. The first-order valence-electron chi connectivity index (χ1n) is 5.67. The molecule has 2 heteroatoms. The number of pyridine rings is 1. The SMILES string of the molecule is C#C/C=C1/CCCCN1c1ncccc1C. The maximum Gasteiger partial charge on any atom is 0.135 e. The van der Waals surface area contributed by atoms with Crippen molar-refractivity contribution in [2.75, 3.05) is 11.4 Å². The molecule has 1 aromatic heterocycles. The molecule has 0 atom stereocenters. The quantitative estimate of drug-likeness (QED) is 0.665. The zero-order valence-electron chi connectivity index (χ0n) is 9.61. The molecule has 82 valence electrons. The molecule has 0 radical (unpaired) electrons. The van der Waals surface area contributed by atoms with Crippen LogP contribution in [0.15, 0.2) is 30.1 Å². The van der Waals surface area contributed by atoms with Gasteiger partial charge < -0.3 is 4.90 Å². The monoisotopic (exact) mass is 212 g/mol. The molecule has 2 rings (SSSR count). The second-order valence-electron chi connectivity index (χ2n) is 4.05. The second-order valence-corrected chi connectivity index (χ2v) is 4.05. The van der Waals surface area contributed by atoms with Gasteiger partial charge in [-0.1, -0.05) is 12.0 Å². The Hall–Kier alpha value is -1.75. The van der Waals surface area contributed by atoms with Crippen LogP contribution in [-0.2, 0) is 0 Å². The molecule has 0 aromatic carbocycles. The summed E-state index contributed by atoms with van der Waals surface area (Å²) in [7, 11) is 0. The molecular formula is C14H16N2. The lowest BCUT2D eigenvalue weighted by atomic mass is 10.1. The van der Waals surface area contributed by atoms with Gasteiger partial charge in [0.2, 0.25) is 0 Å². The highest BCUT2D eigenvalue weighted by atomic mass is 15.2. The van der Waals surface area contributed by atoms with Gasteiger partial charge >= 0.3 is 0 Å². The molecular weight excluding hydrogens is 196 g/mol. The average molecular weight is 212 g/mol. The standard InChI is InChI=1S/C14H16N2/c1-3-7-13-9-4-5-11-16(13)14-12(2)8-6-10-15-14/h1,6-8,10H,4-5,9,11H2,2H3/b13-7-. The van der Waals surface area contributed by atoms with Crippen molar-refractivity contribution < 1.29 is 0 Å². The van der Waals surface area contributed by atoms with Crippen molar-refractivity contribution in [1.82, 2.24) is 4.98 Å². The van der Waals surface area contributed by atoms with Crippen molar-refractivity contribution in [2.24, 2.45) is 0 Å². The van der Waals surface area contributed by atoms with E-state index in [-0.39, 0.29) is 0 Å². The summed E-state index contributed by atoms with van der Waals surface area (Å²) in [4.78, 5) is 6.70. The Morgan fingerprint density at radius 3 is 3.12 bits per heavy atom. The van der Waals surface area contributed by atoms with Gasteiger partial charge in [0.25, 0.3) is 0 Å². The summed E-state index contributed by atoms with van der Waals surface area (Å²) in [5.41, 5.74) is 2.42. The summed E-state index contributed by atoms with van der Waals surface area (Å²) >= 11 is 0. The first-order valence-corrected chi connectivity index (χ1v) is 5.67. The van der Waals surface area contributed by atoms with E-state index in [2.05, 4.69) is 28.8 Å². The zero-order valence-corrected chi connectivity index (χ0v) is 9.61. The Balaban J connectivity index is 2.35. The fourth-order valence-electron chi connectivity index (χ4n) is 2.10. The van der Waals surface area contributed by atoms with Crippen LogP contribution in [0.2, 0.25) is 0 Å². The van der Waals surface area contributed by atoms with E-state index in [1.807, 2.05) is 18.3 Å². The fraction of sp³-hybridized carbons (Fsp3) is 0.357. The molecule has 0 saturated carbocycles. The minimum atomic E-state index is 1.02. The summed E-state index contributed by atoms with van der Waals surface area (Å²) in [5.74, 6) is 3.67. The van der Waals surface area contributed by atoms with Gasteiger partial charge in [0, 0.05) is 24.5 Å². The highest BCUT2D eigenvalue weighted by Crippen LogP contribution is 2.27. The highest BCUT2D eigenvalue weighted by molar-refractivity contribution is 5.52. The molecule has 0 unspecified atom stereocenters. The lowest BCUT2D eigenvalue weighted by molar-refractivity contribution is 0.634. The van der Waals surface area contributed by atoms with Gasteiger partial charge in [-0.05, 0) is 37.8 Å². The summed E-state index contributed by atoms with van der Waals surface area (Å²) in [6, 6.07) is 4.05. The Bertz CT molecular complexity index is 440. The molecule has 1 aromatic rings. The predicted octanol–water partition coefficient (Wildman–Crippen LogP) is 2.90. The molecule has 1 aliphatic heterocycles. The third kappa shape index (κ3) is 2.09. The van der Waals surface area contributed by atoms with Crippen molar-refractivity contribution in [1.29, 1.82) is 0 Å². The molecule has 0 aliphatic carbocycles. The molecule has 2 nitrogen and oxygen atoms in total. The molecule has 1 saturated heterocycles. The number of terminal acetylenes is 1. The number of piperidine rings is 1. The zero-order chi connectivity index (χ0) is 11.4. The van der Waals surface area contributed by atoms with Crippen molar-refractivity contribution in [3.8, 4) is 12.3 Å². The van der Waals surface area contributed by atoms with E-state index in [0.717, 1.165) is 18.8 Å². The van der Waals surface area contributed by atoms with Gasteiger partial charge in [-0.3, -0.25) is 0 Å². The summed E-state index contributed by atoms with van der Waals surface area (Å²) in [6.45, 7) is 3.11. The van der Waals surface area contributed by atoms with Gasteiger partial charge in [-0.2, -0.15) is 0 Å². The van der Waals surface area contributed by atoms with E-state index < -0.39 is 0 Å². The third-order valence-electron chi connectivity index (χ3n) is 2.90. The van der Waals surface area contributed by atoms with Crippen molar-refractivity contribution in [3.63, 3.8) is 0 Å². The predicted molar refractivity (Wildman–Crippen MR) is 67.1 cm³/mol. The Kier molecular flexibility index (Phi) is 3.26. The second kappa shape index (κ2) is 4.85. The van der Waals surface area contributed by atoms with Crippen LogP contribution in [0.1, 0.15) is 24.8 Å². The first kappa shape index (κ1) is 10.8. The number of hydrogen-bond acceptors (Lipinski definition) is 2. The number of aryl methyl sites for hydroxylation is 1. The van der Waals surface area contributed by atoms with Gasteiger partial charge in [-0.15, -0.1) is 6.42 Å². The molecule has 0 spiro atoms. The lowest BCUT2D eigenvalue weighted by Crippen LogP contribution is -2.29. The normalized spacial score (nSPS) is 18.5. The number of nitrogens with zero attached hydrogens (tertiary/aromatic N) is 2. The van der Waals surface area contributed by atoms with Crippen LogP contribution in [0.3, 0.4) is 0 Å². The summed E-state index contributed by atoms with van der Waals surface area (Å²) < 4.78 is 0. The molecule has 0 bridgehead atoms. The number of anilines is 1. The Morgan fingerprint density at radius 1 is 1.50 bits per heavy atom. The third-order valence-corrected chi connectivity index (χ3v) is 2.90. The molecule has 16 heavy (non-hydrogen) atoms. The van der Waals surface area contributed by atoms with Crippen molar-refractivity contribution >= 4 is 5.82 Å². The van der Waals surface area contributed by atoms with E-state index in [9.17, 15) is 0 Å². The molecule has 0 amide bonds. The molecule has 1 aliphatic rings. The maximum atomic E-state index is 5.36. The molecule has 2 heterocycles. The van der Waals surface area contributed by atoms with Crippen LogP contribution in [0.4, 0.5) is 5.82 Å². The smallest absolute Gasteiger partial charge is 0.135 e. The van der Waals surface area contributed by atoms with Gasteiger partial charge in [-0.25, -0.2) is 4.98 Å². The minimum absolute atomic E-state index is 1.02. The molecule has 1 fully saturated rings. The van der Waals surface area contributed by atoms with E-state index in [4.69, 9.17) is 6.42 Å². The number of aromatic nitrogens is 1. The van der Waals surface area contributed by atoms with Crippen LogP contribution < -0.4 is 4.90 Å². The van der Waals surface area contributed by atoms with E-state index >= 15 is 0 Å². The van der Waals surface area contributed by atoms with Crippen LogP contribution in [0.25, 0.3) is 0 Å². The van der Waals surface area contributed by atoms with Gasteiger partial charge in [0.1, 0.15) is 5.82 Å². The summed E-state index contributed by atoms with van der Waals surface area (Å²) in [6.07, 6.45) is 12.6. The Morgan fingerprint density at radius 2 is 2.38 bits per heavy atom. The van der Waals surface area contributed by atoms with Gasteiger partial charge in [0.05, 0.1) is 0 Å². The van der Waals surface area contributed by atoms with Gasteiger partial charge in [0.15, 0.2) is 0 Å². The topological polar surface area (TPSA) is 16.1 Å². The van der Waals surface area contributed by atoms with Crippen LogP contribution in [0, 0.1) is 19.3 Å². The molecule has 0 N–H and O–H groups in total. The van der Waals surface area contributed by atoms with Crippen LogP contribution in [0.5, 0.6) is 0 Å². The minimum Gasteiger partial charge on any atom is -0.329 e.